The van der Waals surface area contributed by atoms with E-state index in [-0.39, 0.29) is 11.6 Å². The first kappa shape index (κ1) is 16.7. The molecular weight excluding hydrogens is 299 g/mol. The summed E-state index contributed by atoms with van der Waals surface area (Å²) >= 11 is 0. The molecule has 1 fully saturated rings. The van der Waals surface area contributed by atoms with Crippen LogP contribution >= 0.6 is 0 Å². The Morgan fingerprint density at radius 3 is 2.45 bits per heavy atom. The first-order valence-corrected chi connectivity index (χ1v) is 7.21. The van der Waals surface area contributed by atoms with Crippen LogP contribution in [0, 0.1) is 5.92 Å². The number of hydrogen-bond acceptors (Lipinski definition) is 4. The molecule has 1 aromatic rings. The van der Waals surface area contributed by atoms with Gasteiger partial charge in [0, 0.05) is 12.4 Å². The SMILES string of the molecule is O=C(O)[C@@H](N[C@@H](c1cnccn1)C(F)(F)F)C1CCCCC1. The Kier molecular flexibility index (Phi) is 5.33. The molecule has 0 amide bonds. The van der Waals surface area contributed by atoms with E-state index in [1.54, 1.807) is 0 Å². The molecule has 22 heavy (non-hydrogen) atoms. The van der Waals surface area contributed by atoms with E-state index in [0.29, 0.717) is 12.8 Å². The van der Waals surface area contributed by atoms with E-state index in [1.165, 1.54) is 6.20 Å². The topological polar surface area (TPSA) is 75.1 Å². The number of carbonyl (C=O) groups is 1. The summed E-state index contributed by atoms with van der Waals surface area (Å²) in [6, 6.07) is -3.38. The van der Waals surface area contributed by atoms with Crippen molar-refractivity contribution >= 4 is 5.97 Å². The zero-order chi connectivity index (χ0) is 16.2. The van der Waals surface area contributed by atoms with E-state index >= 15 is 0 Å². The first-order valence-electron chi connectivity index (χ1n) is 7.21. The van der Waals surface area contributed by atoms with E-state index in [1.807, 2.05) is 0 Å². The highest BCUT2D eigenvalue weighted by molar-refractivity contribution is 5.74. The Morgan fingerprint density at radius 2 is 1.95 bits per heavy atom. The Hall–Kier alpha value is -1.70. The smallest absolute Gasteiger partial charge is 0.409 e. The minimum atomic E-state index is -4.64. The molecule has 0 aliphatic heterocycles. The van der Waals surface area contributed by atoms with Crippen LogP contribution in [0.1, 0.15) is 43.8 Å². The fourth-order valence-electron chi connectivity index (χ4n) is 2.86. The van der Waals surface area contributed by atoms with Gasteiger partial charge in [-0.05, 0) is 18.8 Å². The standard InChI is InChI=1S/C14H18F3N3O2/c15-14(16,17)12(10-8-18-6-7-19-10)20-11(13(21)22)9-4-2-1-3-5-9/h6-9,11-12,20H,1-5H2,(H,21,22)/t11-,12-/m0/s1. The van der Waals surface area contributed by atoms with Crippen molar-refractivity contribution < 1.29 is 23.1 Å². The van der Waals surface area contributed by atoms with Gasteiger partial charge in [0.05, 0.1) is 11.9 Å². The van der Waals surface area contributed by atoms with E-state index in [0.717, 1.165) is 31.7 Å². The van der Waals surface area contributed by atoms with Crippen molar-refractivity contribution in [1.82, 2.24) is 15.3 Å². The maximum atomic E-state index is 13.3. The summed E-state index contributed by atoms with van der Waals surface area (Å²) in [5, 5.41) is 11.6. The van der Waals surface area contributed by atoms with Crippen molar-refractivity contribution in [3.05, 3.63) is 24.3 Å². The average Bonchev–Trinajstić information content (AvgIpc) is 2.48. The number of aliphatic carboxylic acids is 1. The van der Waals surface area contributed by atoms with Crippen LogP contribution < -0.4 is 5.32 Å². The second-order valence-corrected chi connectivity index (χ2v) is 5.49. The number of rotatable bonds is 5. The molecule has 2 N–H and O–H groups in total. The number of hydrogen-bond donors (Lipinski definition) is 2. The lowest BCUT2D eigenvalue weighted by Gasteiger charge is -2.31. The van der Waals surface area contributed by atoms with Gasteiger partial charge in [0.1, 0.15) is 12.1 Å². The maximum Gasteiger partial charge on any atom is 0.409 e. The summed E-state index contributed by atoms with van der Waals surface area (Å²) in [4.78, 5) is 18.7. The van der Waals surface area contributed by atoms with Gasteiger partial charge < -0.3 is 5.11 Å². The monoisotopic (exact) mass is 317 g/mol. The van der Waals surface area contributed by atoms with Crippen molar-refractivity contribution in [3.63, 3.8) is 0 Å². The van der Waals surface area contributed by atoms with Crippen LogP contribution in [0.5, 0.6) is 0 Å². The van der Waals surface area contributed by atoms with Crippen LogP contribution in [0.2, 0.25) is 0 Å². The third-order valence-electron chi connectivity index (χ3n) is 3.94. The molecular formula is C14H18F3N3O2. The van der Waals surface area contributed by atoms with Gasteiger partial charge in [0.15, 0.2) is 0 Å². The normalized spacial score (nSPS) is 19.6. The number of nitrogens with one attached hydrogen (secondary N) is 1. The van der Waals surface area contributed by atoms with E-state index < -0.39 is 24.2 Å². The molecule has 1 aromatic heterocycles. The van der Waals surface area contributed by atoms with Crippen LogP contribution in [-0.4, -0.2) is 33.3 Å². The number of carboxylic acids is 1. The highest BCUT2D eigenvalue weighted by Crippen LogP contribution is 2.34. The number of alkyl halides is 3. The minimum Gasteiger partial charge on any atom is -0.480 e. The highest BCUT2D eigenvalue weighted by Gasteiger charge is 2.45. The van der Waals surface area contributed by atoms with Crippen molar-refractivity contribution in [2.75, 3.05) is 0 Å². The molecule has 0 bridgehead atoms. The van der Waals surface area contributed by atoms with Gasteiger partial charge in [-0.1, -0.05) is 19.3 Å². The highest BCUT2D eigenvalue weighted by atomic mass is 19.4. The first-order chi connectivity index (χ1) is 10.4. The zero-order valence-electron chi connectivity index (χ0n) is 11.9. The average molecular weight is 317 g/mol. The molecule has 1 aliphatic carbocycles. The van der Waals surface area contributed by atoms with Gasteiger partial charge >= 0.3 is 12.1 Å². The summed E-state index contributed by atoms with van der Waals surface area (Å²) in [5.41, 5.74) is -0.322. The predicted octanol–water partition coefficient (Wildman–Crippen LogP) is 2.70. The van der Waals surface area contributed by atoms with Crippen LogP contribution in [0.3, 0.4) is 0 Å². The van der Waals surface area contributed by atoms with Crippen LogP contribution in [0.15, 0.2) is 18.6 Å². The molecule has 2 rings (SSSR count). The molecule has 0 aromatic carbocycles. The van der Waals surface area contributed by atoms with Crippen molar-refractivity contribution in [2.24, 2.45) is 5.92 Å². The molecule has 1 heterocycles. The van der Waals surface area contributed by atoms with Gasteiger partial charge in [-0.15, -0.1) is 0 Å². The third-order valence-corrected chi connectivity index (χ3v) is 3.94. The van der Waals surface area contributed by atoms with Gasteiger partial charge in [-0.2, -0.15) is 13.2 Å². The molecule has 0 spiro atoms. The summed E-state index contributed by atoms with van der Waals surface area (Å²) in [6.45, 7) is 0. The second kappa shape index (κ2) is 7.04. The van der Waals surface area contributed by atoms with E-state index in [2.05, 4.69) is 15.3 Å². The van der Waals surface area contributed by atoms with Crippen LogP contribution in [0.25, 0.3) is 0 Å². The molecule has 0 unspecified atom stereocenters. The zero-order valence-corrected chi connectivity index (χ0v) is 11.9. The van der Waals surface area contributed by atoms with Crippen molar-refractivity contribution in [3.8, 4) is 0 Å². The van der Waals surface area contributed by atoms with Crippen LogP contribution in [-0.2, 0) is 4.79 Å². The summed E-state index contributed by atoms with van der Waals surface area (Å²) < 4.78 is 39.8. The molecule has 8 heteroatoms. The Balaban J connectivity index is 2.21. The number of halogens is 3. The molecule has 1 saturated carbocycles. The minimum absolute atomic E-state index is 0.298. The fourth-order valence-corrected chi connectivity index (χ4v) is 2.86. The summed E-state index contributed by atoms with van der Waals surface area (Å²) in [7, 11) is 0. The predicted molar refractivity (Wildman–Crippen MR) is 72.0 cm³/mol. The Bertz CT molecular complexity index is 490. The lowest BCUT2D eigenvalue weighted by molar-refractivity contribution is -0.165. The van der Waals surface area contributed by atoms with Gasteiger partial charge in [-0.25, -0.2) is 0 Å². The molecule has 1 aliphatic rings. The third kappa shape index (κ3) is 4.16. The summed E-state index contributed by atoms with van der Waals surface area (Å²) in [5.74, 6) is -1.56. The lowest BCUT2D eigenvalue weighted by atomic mass is 9.83. The number of carboxylic acid groups (broad SMARTS) is 1. The van der Waals surface area contributed by atoms with Crippen molar-refractivity contribution in [1.29, 1.82) is 0 Å². The van der Waals surface area contributed by atoms with E-state index in [9.17, 15) is 23.1 Å². The lowest BCUT2D eigenvalue weighted by Crippen LogP contribution is -2.49. The van der Waals surface area contributed by atoms with Crippen LogP contribution in [0.4, 0.5) is 13.2 Å². The fraction of sp³-hybridized carbons (Fsp3) is 0.643. The molecule has 0 saturated heterocycles. The van der Waals surface area contributed by atoms with Gasteiger partial charge in [0.25, 0.3) is 0 Å². The largest absolute Gasteiger partial charge is 0.480 e. The number of aromatic nitrogens is 2. The molecule has 2 atom stereocenters. The van der Waals surface area contributed by atoms with Gasteiger partial charge in [-0.3, -0.25) is 20.1 Å². The number of nitrogens with zero attached hydrogens (tertiary/aromatic N) is 2. The summed E-state index contributed by atoms with van der Waals surface area (Å²) in [6.07, 6.45) is 2.72. The molecule has 5 nitrogen and oxygen atoms in total. The molecule has 0 radical (unpaired) electrons. The van der Waals surface area contributed by atoms with Crippen molar-refractivity contribution in [2.45, 2.75) is 50.4 Å². The second-order valence-electron chi connectivity index (χ2n) is 5.49. The maximum absolute atomic E-state index is 13.3. The molecule has 122 valence electrons. The Morgan fingerprint density at radius 1 is 1.27 bits per heavy atom. The van der Waals surface area contributed by atoms with E-state index in [4.69, 9.17) is 0 Å². The van der Waals surface area contributed by atoms with Gasteiger partial charge in [0.2, 0.25) is 0 Å². The quantitative estimate of drug-likeness (QED) is 0.873. The Labute approximate surface area is 126 Å².